The molecule has 0 amide bonds. The first-order valence-corrected chi connectivity index (χ1v) is 14.8. The fourth-order valence-electron chi connectivity index (χ4n) is 4.47. The van der Waals surface area contributed by atoms with E-state index in [-0.39, 0.29) is 0 Å². The summed E-state index contributed by atoms with van der Waals surface area (Å²) in [6, 6.07) is 0. The number of hydrogen-bond acceptors (Lipinski definition) is 0. The van der Waals surface area contributed by atoms with Crippen LogP contribution in [0.4, 0.5) is 0 Å². The molecule has 0 aromatic heterocycles. The molecule has 2 aliphatic rings. The summed E-state index contributed by atoms with van der Waals surface area (Å²) in [6.07, 6.45) is 15.8. The van der Waals surface area contributed by atoms with Gasteiger partial charge in [0, 0.05) is 0 Å². The maximum atomic E-state index is 2.51. The Kier molecular flexibility index (Phi) is 8.14. The zero-order valence-corrected chi connectivity index (χ0v) is 17.8. The van der Waals surface area contributed by atoms with Gasteiger partial charge in [-0.1, -0.05) is 0 Å². The van der Waals surface area contributed by atoms with Crippen LogP contribution in [0.5, 0.6) is 0 Å². The molecule has 0 nitrogen and oxygen atoms in total. The summed E-state index contributed by atoms with van der Waals surface area (Å²) in [5, 5.41) is 0. The molecule has 0 atom stereocenters. The predicted molar refractivity (Wildman–Crippen MR) is 101 cm³/mol. The van der Waals surface area contributed by atoms with E-state index in [1.165, 1.54) is 22.3 Å². The Morgan fingerprint density at radius 2 is 1.10 bits per heavy atom. The van der Waals surface area contributed by atoms with E-state index in [9.17, 15) is 0 Å². The van der Waals surface area contributed by atoms with Crippen LogP contribution in [-0.2, 0) is 0 Å². The standard InChI is InChI=1S/C19H38AsP/c1-16(2)21(17(3)4)15-20(18-11-7-5-8-12-18)19-13-9-6-10-14-19/h16-19H,5-15H2,1-4H3. The van der Waals surface area contributed by atoms with Gasteiger partial charge in [0.25, 0.3) is 0 Å². The van der Waals surface area contributed by atoms with Crippen molar-refractivity contribution in [2.75, 3.05) is 4.95 Å². The van der Waals surface area contributed by atoms with Gasteiger partial charge in [0.05, 0.1) is 0 Å². The van der Waals surface area contributed by atoms with Gasteiger partial charge in [-0.15, -0.1) is 0 Å². The van der Waals surface area contributed by atoms with Gasteiger partial charge in [0.1, 0.15) is 0 Å². The zero-order chi connectivity index (χ0) is 15.2. The van der Waals surface area contributed by atoms with E-state index in [4.69, 9.17) is 0 Å². The predicted octanol–water partition coefficient (Wildman–Crippen LogP) is 6.99. The summed E-state index contributed by atoms with van der Waals surface area (Å²) < 4.78 is 2.47. The third-order valence-electron chi connectivity index (χ3n) is 5.74. The molecule has 0 heterocycles. The van der Waals surface area contributed by atoms with E-state index in [0.717, 1.165) is 11.3 Å². The first-order valence-electron chi connectivity index (χ1n) is 9.61. The van der Waals surface area contributed by atoms with Crippen molar-refractivity contribution in [3.63, 3.8) is 0 Å². The molecular weight excluding hydrogens is 334 g/mol. The minimum atomic E-state index is -0.619. The van der Waals surface area contributed by atoms with Crippen LogP contribution < -0.4 is 0 Å². The molecular formula is C19H38AsP. The van der Waals surface area contributed by atoms with Crippen molar-refractivity contribution in [3.8, 4) is 0 Å². The Balaban J connectivity index is 2.05. The Hall–Kier alpha value is 0.988. The van der Waals surface area contributed by atoms with Crippen molar-refractivity contribution in [2.45, 2.75) is 113 Å². The third-order valence-corrected chi connectivity index (χ3v) is 19.3. The molecule has 0 saturated heterocycles. The summed E-state index contributed by atoms with van der Waals surface area (Å²) >= 11 is -0.619. The SMILES string of the molecule is CC(C)P(C[As](C1CCCCC1)C1CCCCC1)C(C)C. The summed E-state index contributed by atoms with van der Waals surface area (Å²) in [5.74, 6) is 0. The van der Waals surface area contributed by atoms with Gasteiger partial charge < -0.3 is 0 Å². The molecule has 0 N–H and O–H groups in total. The van der Waals surface area contributed by atoms with E-state index in [1.54, 1.807) is 56.3 Å². The first kappa shape index (κ1) is 18.3. The van der Waals surface area contributed by atoms with E-state index in [0.29, 0.717) is 7.92 Å². The van der Waals surface area contributed by atoms with Crippen LogP contribution in [0.3, 0.4) is 0 Å². The van der Waals surface area contributed by atoms with Crippen LogP contribution in [0.2, 0.25) is 9.41 Å². The Morgan fingerprint density at radius 3 is 1.43 bits per heavy atom. The van der Waals surface area contributed by atoms with Gasteiger partial charge in [-0.25, -0.2) is 0 Å². The second-order valence-electron chi connectivity index (χ2n) is 7.94. The van der Waals surface area contributed by atoms with Crippen molar-refractivity contribution in [1.82, 2.24) is 0 Å². The summed E-state index contributed by atoms with van der Waals surface area (Å²) in [4.78, 5) is 1.74. The Bertz CT molecular complexity index is 251. The van der Waals surface area contributed by atoms with Crippen molar-refractivity contribution < 1.29 is 0 Å². The molecule has 0 bridgehead atoms. The fraction of sp³-hybridized carbons (Fsp3) is 1.00. The summed E-state index contributed by atoms with van der Waals surface area (Å²) in [6.45, 7) is 10.1. The van der Waals surface area contributed by atoms with Crippen LogP contribution in [0.25, 0.3) is 0 Å². The molecule has 21 heavy (non-hydrogen) atoms. The van der Waals surface area contributed by atoms with E-state index in [2.05, 4.69) is 27.7 Å². The molecule has 0 aromatic rings. The summed E-state index contributed by atoms with van der Waals surface area (Å²) in [5.41, 5.74) is 1.92. The first-order chi connectivity index (χ1) is 10.1. The van der Waals surface area contributed by atoms with Crippen LogP contribution in [-0.4, -0.2) is 30.9 Å². The molecule has 0 aliphatic heterocycles. The quantitative estimate of drug-likeness (QED) is 0.348. The van der Waals surface area contributed by atoms with Gasteiger partial charge in [0.2, 0.25) is 0 Å². The van der Waals surface area contributed by atoms with Gasteiger partial charge in [-0.2, -0.15) is 0 Å². The van der Waals surface area contributed by atoms with E-state index in [1.807, 2.05) is 0 Å². The molecule has 0 aromatic carbocycles. The maximum absolute atomic E-state index is 2.51. The molecule has 0 radical (unpaired) electrons. The van der Waals surface area contributed by atoms with Gasteiger partial charge >= 0.3 is 140 Å². The molecule has 2 aliphatic carbocycles. The van der Waals surface area contributed by atoms with E-state index < -0.39 is 14.7 Å². The van der Waals surface area contributed by atoms with Gasteiger partial charge in [-0.3, -0.25) is 0 Å². The monoisotopic (exact) mass is 372 g/mol. The fourth-order valence-corrected chi connectivity index (χ4v) is 22.1. The van der Waals surface area contributed by atoms with Crippen LogP contribution >= 0.6 is 7.92 Å². The van der Waals surface area contributed by atoms with Crippen molar-refractivity contribution >= 4 is 22.6 Å². The van der Waals surface area contributed by atoms with Crippen LogP contribution in [0, 0.1) is 0 Å². The Morgan fingerprint density at radius 1 is 0.714 bits per heavy atom. The molecule has 2 heteroatoms. The van der Waals surface area contributed by atoms with Gasteiger partial charge in [-0.05, 0) is 0 Å². The zero-order valence-electron chi connectivity index (χ0n) is 15.0. The molecule has 2 saturated carbocycles. The Labute approximate surface area is 140 Å². The topological polar surface area (TPSA) is 0 Å². The van der Waals surface area contributed by atoms with Crippen molar-refractivity contribution in [3.05, 3.63) is 0 Å². The third kappa shape index (κ3) is 5.53. The normalized spacial score (nSPS) is 22.9. The number of rotatable bonds is 6. The van der Waals surface area contributed by atoms with Crippen molar-refractivity contribution in [1.29, 1.82) is 0 Å². The second kappa shape index (κ2) is 9.32. The minimum absolute atomic E-state index is 0.297. The number of hydrogen-bond donors (Lipinski definition) is 0. The van der Waals surface area contributed by atoms with Crippen LogP contribution in [0.1, 0.15) is 91.9 Å². The molecule has 2 fully saturated rings. The van der Waals surface area contributed by atoms with E-state index >= 15 is 0 Å². The molecule has 124 valence electrons. The van der Waals surface area contributed by atoms with Crippen LogP contribution in [0.15, 0.2) is 0 Å². The molecule has 2 rings (SSSR count). The van der Waals surface area contributed by atoms with Crippen molar-refractivity contribution in [2.24, 2.45) is 0 Å². The molecule has 0 unspecified atom stereocenters. The average molecular weight is 372 g/mol. The average Bonchev–Trinajstić information content (AvgIpc) is 2.49. The molecule has 0 spiro atoms. The van der Waals surface area contributed by atoms with Gasteiger partial charge in [0.15, 0.2) is 0 Å². The summed E-state index contributed by atoms with van der Waals surface area (Å²) in [7, 11) is 0.297. The second-order valence-corrected chi connectivity index (χ2v) is 18.3.